The van der Waals surface area contributed by atoms with Crippen LogP contribution < -0.4 is 0 Å². The molecule has 0 N–H and O–H groups in total. The molecule has 3 aliphatic rings. The van der Waals surface area contributed by atoms with Gasteiger partial charge in [0.1, 0.15) is 0 Å². The summed E-state index contributed by atoms with van der Waals surface area (Å²) in [5.74, 6) is 0.222. The molecule has 0 aromatic carbocycles. The van der Waals surface area contributed by atoms with Crippen molar-refractivity contribution in [3.05, 3.63) is 0 Å². The molecule has 3 heterocycles. The van der Waals surface area contributed by atoms with E-state index in [-0.39, 0.29) is 17.4 Å². The Labute approximate surface area is 144 Å². The zero-order valence-electron chi connectivity index (χ0n) is 15.0. The van der Waals surface area contributed by atoms with Crippen molar-refractivity contribution in [1.29, 1.82) is 0 Å². The number of likely N-dealkylation sites (tertiary alicyclic amines) is 2. The Kier molecular flexibility index (Phi) is 5.30. The zero-order valence-corrected chi connectivity index (χ0v) is 15.0. The topological polar surface area (TPSA) is 56.3 Å². The number of methoxy groups -OCH3 is 1. The van der Waals surface area contributed by atoms with Crippen molar-refractivity contribution < 1.29 is 14.3 Å². The van der Waals surface area contributed by atoms with Gasteiger partial charge in [0.05, 0.1) is 12.0 Å². The van der Waals surface area contributed by atoms with E-state index in [1.807, 2.05) is 14.7 Å². The predicted molar refractivity (Wildman–Crippen MR) is 90.8 cm³/mol. The number of urea groups is 1. The fraction of sp³-hybridized carbons (Fsp3) is 0.882. The summed E-state index contributed by atoms with van der Waals surface area (Å²) in [4.78, 5) is 33.8. The maximum atomic E-state index is 13.0. The van der Waals surface area contributed by atoms with Crippen LogP contribution in [0.3, 0.4) is 0 Å². The van der Waals surface area contributed by atoms with Crippen molar-refractivity contribution in [2.75, 3.05) is 73.1 Å². The SMILES string of the molecule is COCCN1CCC[C@]2(CCN(C(=O)N3CCN(C)CC3)C2)C1=O. The molecular formula is C17H30N4O3. The molecular weight excluding hydrogens is 308 g/mol. The van der Waals surface area contributed by atoms with Crippen LogP contribution in [-0.4, -0.2) is 105 Å². The summed E-state index contributed by atoms with van der Waals surface area (Å²) in [6.07, 6.45) is 2.72. The largest absolute Gasteiger partial charge is 0.383 e. The molecule has 3 fully saturated rings. The van der Waals surface area contributed by atoms with Crippen molar-refractivity contribution >= 4 is 11.9 Å². The van der Waals surface area contributed by atoms with Crippen LogP contribution in [0.2, 0.25) is 0 Å². The molecule has 0 aromatic heterocycles. The van der Waals surface area contributed by atoms with E-state index in [4.69, 9.17) is 4.74 Å². The molecule has 1 atom stereocenters. The van der Waals surface area contributed by atoms with Crippen LogP contribution in [-0.2, 0) is 9.53 Å². The second kappa shape index (κ2) is 7.27. The molecule has 3 rings (SSSR count). The minimum atomic E-state index is -0.353. The summed E-state index contributed by atoms with van der Waals surface area (Å²) in [6.45, 7) is 6.75. The number of piperidine rings is 1. The Bertz CT molecular complexity index is 478. The van der Waals surface area contributed by atoms with Crippen LogP contribution in [0, 0.1) is 5.41 Å². The second-order valence-electron chi connectivity index (χ2n) is 7.41. The first kappa shape index (κ1) is 17.5. The molecule has 0 bridgehead atoms. The molecule has 7 nitrogen and oxygen atoms in total. The average molecular weight is 338 g/mol. The Morgan fingerprint density at radius 3 is 2.54 bits per heavy atom. The van der Waals surface area contributed by atoms with E-state index in [1.165, 1.54) is 0 Å². The molecule has 24 heavy (non-hydrogen) atoms. The maximum Gasteiger partial charge on any atom is 0.320 e. The van der Waals surface area contributed by atoms with Crippen molar-refractivity contribution in [3.8, 4) is 0 Å². The van der Waals surface area contributed by atoms with Gasteiger partial charge in [0.25, 0.3) is 0 Å². The van der Waals surface area contributed by atoms with E-state index in [2.05, 4.69) is 11.9 Å². The summed E-state index contributed by atoms with van der Waals surface area (Å²) in [7, 11) is 3.75. The van der Waals surface area contributed by atoms with Gasteiger partial charge < -0.3 is 24.3 Å². The molecule has 0 saturated carbocycles. The lowest BCUT2D eigenvalue weighted by Crippen LogP contribution is -2.54. The van der Waals surface area contributed by atoms with Crippen molar-refractivity contribution in [3.63, 3.8) is 0 Å². The number of carbonyl (C=O) groups excluding carboxylic acids is 2. The van der Waals surface area contributed by atoms with Gasteiger partial charge in [-0.25, -0.2) is 4.79 Å². The Morgan fingerprint density at radius 2 is 1.83 bits per heavy atom. The van der Waals surface area contributed by atoms with Gasteiger partial charge in [-0.3, -0.25) is 4.79 Å². The average Bonchev–Trinajstić information content (AvgIpc) is 3.01. The number of nitrogens with zero attached hydrogens (tertiary/aromatic N) is 4. The van der Waals surface area contributed by atoms with Gasteiger partial charge >= 0.3 is 6.03 Å². The number of carbonyl (C=O) groups is 2. The first-order chi connectivity index (χ1) is 11.6. The molecule has 0 unspecified atom stereocenters. The van der Waals surface area contributed by atoms with Crippen LogP contribution in [0.15, 0.2) is 0 Å². The van der Waals surface area contributed by atoms with Gasteiger partial charge in [0.15, 0.2) is 0 Å². The number of rotatable bonds is 3. The Morgan fingerprint density at radius 1 is 1.08 bits per heavy atom. The van der Waals surface area contributed by atoms with E-state index in [1.54, 1.807) is 7.11 Å². The number of likely N-dealkylation sites (N-methyl/N-ethyl adjacent to an activating group) is 1. The summed E-state index contributed by atoms with van der Waals surface area (Å²) < 4.78 is 5.12. The lowest BCUT2D eigenvalue weighted by Gasteiger charge is -2.40. The smallest absolute Gasteiger partial charge is 0.320 e. The van der Waals surface area contributed by atoms with Gasteiger partial charge in [0.2, 0.25) is 5.91 Å². The summed E-state index contributed by atoms with van der Waals surface area (Å²) in [5.41, 5.74) is -0.353. The molecule has 3 aliphatic heterocycles. The predicted octanol–water partition coefficient (Wildman–Crippen LogP) is 0.315. The highest BCUT2D eigenvalue weighted by atomic mass is 16.5. The molecule has 0 aromatic rings. The van der Waals surface area contributed by atoms with E-state index >= 15 is 0 Å². The van der Waals surface area contributed by atoms with E-state index in [9.17, 15) is 9.59 Å². The molecule has 7 heteroatoms. The highest BCUT2D eigenvalue weighted by Crippen LogP contribution is 2.40. The van der Waals surface area contributed by atoms with Gasteiger partial charge in [-0.1, -0.05) is 0 Å². The minimum absolute atomic E-state index is 0.113. The van der Waals surface area contributed by atoms with Gasteiger partial charge in [-0.2, -0.15) is 0 Å². The maximum absolute atomic E-state index is 13.0. The summed E-state index contributed by atoms with van der Waals surface area (Å²) >= 11 is 0. The van der Waals surface area contributed by atoms with Crippen molar-refractivity contribution in [2.45, 2.75) is 19.3 Å². The third-order valence-corrected chi connectivity index (χ3v) is 5.79. The third kappa shape index (κ3) is 3.37. The van der Waals surface area contributed by atoms with E-state index in [0.717, 1.165) is 52.0 Å². The molecule has 1 spiro atoms. The first-order valence-electron chi connectivity index (χ1n) is 9.06. The lowest BCUT2D eigenvalue weighted by molar-refractivity contribution is -0.146. The number of hydrogen-bond donors (Lipinski definition) is 0. The fourth-order valence-electron chi connectivity index (χ4n) is 4.18. The number of hydrogen-bond acceptors (Lipinski definition) is 4. The number of ether oxygens (including phenoxy) is 1. The third-order valence-electron chi connectivity index (χ3n) is 5.79. The molecule has 0 radical (unpaired) electrons. The van der Waals surface area contributed by atoms with Gasteiger partial charge in [-0.15, -0.1) is 0 Å². The number of piperazine rings is 1. The van der Waals surface area contributed by atoms with Crippen LogP contribution in [0.4, 0.5) is 4.79 Å². The summed E-state index contributed by atoms with van der Waals surface area (Å²) in [5, 5.41) is 0. The standard InChI is InChI=1S/C17H30N4O3/c1-18-8-10-20(11-9-18)16(23)21-7-5-17(14-21)4-3-6-19(15(17)22)12-13-24-2/h3-14H2,1-2H3/t17-/m1/s1. The molecule has 136 valence electrons. The van der Waals surface area contributed by atoms with Crippen molar-refractivity contribution in [1.82, 2.24) is 19.6 Å². The fourth-order valence-corrected chi connectivity index (χ4v) is 4.18. The van der Waals surface area contributed by atoms with E-state index < -0.39 is 0 Å². The van der Waals surface area contributed by atoms with Crippen LogP contribution in [0.5, 0.6) is 0 Å². The summed E-state index contributed by atoms with van der Waals surface area (Å²) in [6, 6.07) is 0.113. The number of amides is 3. The lowest BCUT2D eigenvalue weighted by atomic mass is 9.78. The Hall–Kier alpha value is -1.34. The zero-order chi connectivity index (χ0) is 17.2. The molecule has 3 saturated heterocycles. The minimum Gasteiger partial charge on any atom is -0.383 e. The molecule has 0 aliphatic carbocycles. The van der Waals surface area contributed by atoms with Crippen LogP contribution in [0.25, 0.3) is 0 Å². The van der Waals surface area contributed by atoms with E-state index in [0.29, 0.717) is 26.2 Å². The monoisotopic (exact) mass is 338 g/mol. The quantitative estimate of drug-likeness (QED) is 0.743. The highest BCUT2D eigenvalue weighted by Gasteiger charge is 2.49. The highest BCUT2D eigenvalue weighted by molar-refractivity contribution is 5.86. The van der Waals surface area contributed by atoms with Gasteiger partial charge in [-0.05, 0) is 26.3 Å². The Balaban J connectivity index is 1.61. The first-order valence-corrected chi connectivity index (χ1v) is 9.06. The van der Waals surface area contributed by atoms with Crippen molar-refractivity contribution in [2.24, 2.45) is 5.41 Å². The van der Waals surface area contributed by atoms with Crippen LogP contribution >= 0.6 is 0 Å². The van der Waals surface area contributed by atoms with Crippen LogP contribution in [0.1, 0.15) is 19.3 Å². The normalized spacial score (nSPS) is 28.9. The second-order valence-corrected chi connectivity index (χ2v) is 7.41. The van der Waals surface area contributed by atoms with Gasteiger partial charge in [0, 0.05) is 59.5 Å². The molecule has 3 amide bonds.